The number of hydrogen-bond donors (Lipinski definition) is 0. The average molecular weight is 453 g/mol. The minimum Gasteiger partial charge on any atom is -0.489 e. The van der Waals surface area contributed by atoms with Gasteiger partial charge in [0.25, 0.3) is 0 Å². The smallest absolute Gasteiger partial charge is 0.339 e. The van der Waals surface area contributed by atoms with Crippen molar-refractivity contribution in [3.63, 3.8) is 0 Å². The summed E-state index contributed by atoms with van der Waals surface area (Å²) >= 11 is 0. The molecular formula is C29H24O5. The van der Waals surface area contributed by atoms with E-state index in [0.29, 0.717) is 12.4 Å². The van der Waals surface area contributed by atoms with Crippen molar-refractivity contribution in [3.8, 4) is 5.75 Å². The third-order valence-corrected chi connectivity index (χ3v) is 5.10. The zero-order chi connectivity index (χ0) is 23.6. The monoisotopic (exact) mass is 452 g/mol. The number of benzene rings is 4. The van der Waals surface area contributed by atoms with E-state index in [-0.39, 0.29) is 24.3 Å². The molecule has 0 aromatic heterocycles. The van der Waals surface area contributed by atoms with Crippen molar-refractivity contribution in [1.29, 1.82) is 0 Å². The van der Waals surface area contributed by atoms with Crippen molar-refractivity contribution in [2.75, 3.05) is 0 Å². The fourth-order valence-electron chi connectivity index (χ4n) is 3.30. The topological polar surface area (TPSA) is 61.8 Å². The van der Waals surface area contributed by atoms with Crippen LogP contribution >= 0.6 is 0 Å². The van der Waals surface area contributed by atoms with Crippen LogP contribution in [0, 0.1) is 0 Å². The highest BCUT2D eigenvalue weighted by Gasteiger charge is 2.21. The zero-order valence-electron chi connectivity index (χ0n) is 18.6. The van der Waals surface area contributed by atoms with E-state index < -0.39 is 11.9 Å². The van der Waals surface area contributed by atoms with Crippen molar-refractivity contribution in [1.82, 2.24) is 0 Å². The van der Waals surface area contributed by atoms with Crippen LogP contribution in [0.15, 0.2) is 109 Å². The molecule has 0 spiro atoms. The van der Waals surface area contributed by atoms with Gasteiger partial charge in [0.15, 0.2) is 0 Å². The second-order valence-electron chi connectivity index (χ2n) is 7.61. The maximum absolute atomic E-state index is 13.0. The molecule has 4 aromatic carbocycles. The molecule has 0 N–H and O–H groups in total. The number of hydrogen-bond acceptors (Lipinski definition) is 5. The molecule has 0 aliphatic rings. The Kier molecular flexibility index (Phi) is 7.70. The van der Waals surface area contributed by atoms with E-state index in [2.05, 4.69) is 0 Å². The SMILES string of the molecule is O=C(OCc1ccccc1)c1ccc(OCc2ccccc2)cc1C(=O)OCc1ccccc1. The number of esters is 2. The first-order valence-electron chi connectivity index (χ1n) is 10.9. The Balaban J connectivity index is 1.51. The van der Waals surface area contributed by atoms with Crippen LogP contribution in [-0.2, 0) is 29.3 Å². The van der Waals surface area contributed by atoms with Gasteiger partial charge in [0.1, 0.15) is 25.6 Å². The summed E-state index contributed by atoms with van der Waals surface area (Å²) in [6.07, 6.45) is 0. The quantitative estimate of drug-likeness (QED) is 0.292. The van der Waals surface area contributed by atoms with Gasteiger partial charge in [-0.15, -0.1) is 0 Å². The normalized spacial score (nSPS) is 10.4. The first-order valence-corrected chi connectivity index (χ1v) is 10.9. The highest BCUT2D eigenvalue weighted by atomic mass is 16.5. The third kappa shape index (κ3) is 6.33. The molecule has 0 saturated heterocycles. The summed E-state index contributed by atoms with van der Waals surface area (Å²) in [6.45, 7) is 0.523. The summed E-state index contributed by atoms with van der Waals surface area (Å²) in [5.41, 5.74) is 2.91. The van der Waals surface area contributed by atoms with Crippen molar-refractivity contribution < 1.29 is 23.8 Å². The van der Waals surface area contributed by atoms with Gasteiger partial charge >= 0.3 is 11.9 Å². The van der Waals surface area contributed by atoms with Crippen molar-refractivity contribution in [2.45, 2.75) is 19.8 Å². The van der Waals surface area contributed by atoms with Gasteiger partial charge in [-0.05, 0) is 34.9 Å². The first kappa shape index (κ1) is 22.8. The Labute approximate surface area is 198 Å². The molecule has 0 bridgehead atoms. The predicted octanol–water partition coefficient (Wildman–Crippen LogP) is 5.98. The van der Waals surface area contributed by atoms with Gasteiger partial charge < -0.3 is 14.2 Å². The molecule has 4 aromatic rings. The molecular weight excluding hydrogens is 428 g/mol. The fourth-order valence-corrected chi connectivity index (χ4v) is 3.30. The highest BCUT2D eigenvalue weighted by Crippen LogP contribution is 2.22. The van der Waals surface area contributed by atoms with E-state index in [1.807, 2.05) is 91.0 Å². The van der Waals surface area contributed by atoms with Crippen molar-refractivity contribution in [2.24, 2.45) is 0 Å². The van der Waals surface area contributed by atoms with Crippen LogP contribution in [0.25, 0.3) is 0 Å². The van der Waals surface area contributed by atoms with Crippen LogP contribution < -0.4 is 4.74 Å². The van der Waals surface area contributed by atoms with E-state index in [0.717, 1.165) is 16.7 Å². The lowest BCUT2D eigenvalue weighted by Gasteiger charge is -2.13. The van der Waals surface area contributed by atoms with Crippen LogP contribution in [0.3, 0.4) is 0 Å². The lowest BCUT2D eigenvalue weighted by Crippen LogP contribution is -2.14. The second-order valence-corrected chi connectivity index (χ2v) is 7.61. The second kappa shape index (κ2) is 11.5. The van der Waals surface area contributed by atoms with Gasteiger partial charge in [0.05, 0.1) is 11.1 Å². The summed E-state index contributed by atoms with van der Waals surface area (Å²) in [5, 5.41) is 0. The van der Waals surface area contributed by atoms with E-state index in [9.17, 15) is 9.59 Å². The molecule has 5 nitrogen and oxygen atoms in total. The van der Waals surface area contributed by atoms with Crippen LogP contribution in [0.1, 0.15) is 37.4 Å². The Morgan fingerprint density at radius 3 is 1.44 bits per heavy atom. The fraction of sp³-hybridized carbons (Fsp3) is 0.103. The molecule has 34 heavy (non-hydrogen) atoms. The first-order chi connectivity index (χ1) is 16.7. The minimum atomic E-state index is -0.624. The summed E-state index contributed by atoms with van der Waals surface area (Å²) in [7, 11) is 0. The molecule has 170 valence electrons. The van der Waals surface area contributed by atoms with E-state index >= 15 is 0 Å². The van der Waals surface area contributed by atoms with Gasteiger partial charge in [-0.1, -0.05) is 91.0 Å². The Hall–Kier alpha value is -4.38. The number of carbonyl (C=O) groups is 2. The van der Waals surface area contributed by atoms with Crippen molar-refractivity contribution in [3.05, 3.63) is 137 Å². The molecule has 5 heteroatoms. The molecule has 0 fully saturated rings. The third-order valence-electron chi connectivity index (χ3n) is 5.10. The van der Waals surface area contributed by atoms with E-state index in [1.54, 1.807) is 6.07 Å². The molecule has 0 saturated carbocycles. The van der Waals surface area contributed by atoms with Gasteiger partial charge in [-0.3, -0.25) is 0 Å². The summed E-state index contributed by atoms with van der Waals surface area (Å²) in [6, 6.07) is 33.1. The zero-order valence-corrected chi connectivity index (χ0v) is 18.6. The molecule has 4 rings (SSSR count). The van der Waals surface area contributed by atoms with Crippen LogP contribution in [0.4, 0.5) is 0 Å². The van der Waals surface area contributed by atoms with Gasteiger partial charge in [0.2, 0.25) is 0 Å². The summed E-state index contributed by atoms with van der Waals surface area (Å²) in [5.74, 6) is -0.777. The molecule has 0 amide bonds. The Morgan fingerprint density at radius 2 is 0.941 bits per heavy atom. The highest BCUT2D eigenvalue weighted by molar-refractivity contribution is 6.03. The van der Waals surface area contributed by atoms with E-state index in [4.69, 9.17) is 14.2 Å². The lowest BCUT2D eigenvalue weighted by molar-refractivity contribution is 0.0425. The predicted molar refractivity (Wildman–Crippen MR) is 128 cm³/mol. The molecule has 0 unspecified atom stereocenters. The molecule has 0 aliphatic heterocycles. The molecule has 0 aliphatic carbocycles. The van der Waals surface area contributed by atoms with E-state index in [1.165, 1.54) is 12.1 Å². The largest absolute Gasteiger partial charge is 0.489 e. The van der Waals surface area contributed by atoms with Crippen LogP contribution in [-0.4, -0.2) is 11.9 Å². The van der Waals surface area contributed by atoms with Crippen LogP contribution in [0.5, 0.6) is 5.75 Å². The Bertz CT molecular complexity index is 1220. The molecule has 0 atom stereocenters. The van der Waals surface area contributed by atoms with Gasteiger partial charge in [-0.25, -0.2) is 9.59 Å². The lowest BCUT2D eigenvalue weighted by atomic mass is 10.1. The molecule has 0 heterocycles. The summed E-state index contributed by atoms with van der Waals surface area (Å²) < 4.78 is 16.8. The number of rotatable bonds is 9. The number of carbonyl (C=O) groups excluding carboxylic acids is 2. The molecule has 0 radical (unpaired) electrons. The van der Waals surface area contributed by atoms with Crippen LogP contribution in [0.2, 0.25) is 0 Å². The van der Waals surface area contributed by atoms with Gasteiger partial charge in [0, 0.05) is 0 Å². The maximum Gasteiger partial charge on any atom is 0.339 e. The summed E-state index contributed by atoms with van der Waals surface area (Å²) in [4.78, 5) is 25.8. The maximum atomic E-state index is 13.0. The van der Waals surface area contributed by atoms with Crippen molar-refractivity contribution >= 4 is 11.9 Å². The Morgan fingerprint density at radius 1 is 0.500 bits per heavy atom. The standard InChI is InChI=1S/C29H24O5/c30-28(33-20-23-12-6-2-7-13-23)26-17-16-25(32-19-22-10-4-1-5-11-22)18-27(26)29(31)34-21-24-14-8-3-9-15-24/h1-18H,19-21H2. The minimum absolute atomic E-state index is 0.0906. The number of ether oxygens (including phenoxy) is 3. The average Bonchev–Trinajstić information content (AvgIpc) is 2.91. The van der Waals surface area contributed by atoms with Gasteiger partial charge in [-0.2, -0.15) is 0 Å².